The topological polar surface area (TPSA) is 52.1 Å². The number of benzene rings is 1. The van der Waals surface area contributed by atoms with Crippen molar-refractivity contribution in [1.82, 2.24) is 9.97 Å². The van der Waals surface area contributed by atoms with Crippen LogP contribution in [0.15, 0.2) is 30.6 Å². The van der Waals surface area contributed by atoms with Crippen molar-refractivity contribution >= 4 is 34.5 Å². The highest BCUT2D eigenvalue weighted by atomic mass is 35.5. The summed E-state index contributed by atoms with van der Waals surface area (Å²) in [5, 5.41) is 1.21. The Labute approximate surface area is 109 Å². The van der Waals surface area contributed by atoms with Gasteiger partial charge in [-0.25, -0.2) is 9.97 Å². The van der Waals surface area contributed by atoms with Crippen LogP contribution >= 0.6 is 11.6 Å². The largest absolute Gasteiger partial charge is 0.469 e. The lowest BCUT2D eigenvalue weighted by Gasteiger charge is -2.00. The Morgan fingerprint density at radius 2 is 2.28 bits per heavy atom. The molecule has 2 aromatic rings. The van der Waals surface area contributed by atoms with E-state index in [1.807, 2.05) is 24.3 Å². The standard InChI is InChI=1S/C13H11ClN2O2/c1-18-12(17)4-2-3-9-5-6-11-10(7-9)13(14)16-8-15-11/h2-3,5-8H,4H2,1H3. The maximum atomic E-state index is 11.0. The highest BCUT2D eigenvalue weighted by Crippen LogP contribution is 2.21. The van der Waals surface area contributed by atoms with E-state index in [0.717, 1.165) is 16.5 Å². The Balaban J connectivity index is 2.25. The van der Waals surface area contributed by atoms with E-state index in [9.17, 15) is 4.79 Å². The number of hydrogen-bond acceptors (Lipinski definition) is 4. The number of methoxy groups -OCH3 is 1. The Hall–Kier alpha value is -1.94. The van der Waals surface area contributed by atoms with E-state index in [-0.39, 0.29) is 12.4 Å². The quantitative estimate of drug-likeness (QED) is 0.630. The van der Waals surface area contributed by atoms with Crippen molar-refractivity contribution in [2.45, 2.75) is 6.42 Å². The van der Waals surface area contributed by atoms with Crippen LogP contribution in [-0.2, 0) is 9.53 Å². The second-order valence-corrected chi connectivity index (χ2v) is 3.98. The zero-order valence-electron chi connectivity index (χ0n) is 9.76. The lowest BCUT2D eigenvalue weighted by molar-refractivity contribution is -0.139. The molecule has 0 atom stereocenters. The summed E-state index contributed by atoms with van der Waals surface area (Å²) in [5.41, 5.74) is 1.73. The molecule has 0 amide bonds. The van der Waals surface area contributed by atoms with E-state index in [1.54, 1.807) is 6.08 Å². The summed E-state index contributed by atoms with van der Waals surface area (Å²) in [6, 6.07) is 5.64. The number of aromatic nitrogens is 2. The first-order valence-corrected chi connectivity index (χ1v) is 5.72. The van der Waals surface area contributed by atoms with Crippen LogP contribution < -0.4 is 0 Å². The summed E-state index contributed by atoms with van der Waals surface area (Å²) in [6.07, 6.45) is 5.25. The molecule has 0 saturated carbocycles. The fraction of sp³-hybridized carbons (Fsp3) is 0.154. The van der Waals surface area contributed by atoms with Crippen LogP contribution in [0.4, 0.5) is 0 Å². The molecule has 2 rings (SSSR count). The summed E-state index contributed by atoms with van der Waals surface area (Å²) in [6.45, 7) is 0. The van der Waals surface area contributed by atoms with Gasteiger partial charge >= 0.3 is 5.97 Å². The molecule has 1 aromatic heterocycles. The molecule has 0 aliphatic rings. The summed E-state index contributed by atoms with van der Waals surface area (Å²) >= 11 is 5.99. The highest BCUT2D eigenvalue weighted by Gasteiger charge is 2.01. The van der Waals surface area contributed by atoms with E-state index in [1.165, 1.54) is 13.4 Å². The molecule has 1 heterocycles. The maximum absolute atomic E-state index is 11.0. The van der Waals surface area contributed by atoms with E-state index in [4.69, 9.17) is 11.6 Å². The third-order valence-corrected chi connectivity index (χ3v) is 2.73. The molecule has 1 aromatic carbocycles. The third-order valence-electron chi connectivity index (χ3n) is 2.43. The number of nitrogens with zero attached hydrogens (tertiary/aromatic N) is 2. The minimum absolute atomic E-state index is 0.244. The van der Waals surface area contributed by atoms with Gasteiger partial charge in [-0.1, -0.05) is 29.8 Å². The number of esters is 1. The predicted octanol–water partition coefficient (Wildman–Crippen LogP) is 2.86. The van der Waals surface area contributed by atoms with Gasteiger partial charge in [0.1, 0.15) is 11.5 Å². The minimum Gasteiger partial charge on any atom is -0.469 e. The van der Waals surface area contributed by atoms with Gasteiger partial charge < -0.3 is 4.74 Å². The number of hydrogen-bond donors (Lipinski definition) is 0. The zero-order chi connectivity index (χ0) is 13.0. The summed E-state index contributed by atoms with van der Waals surface area (Å²) in [5.74, 6) is -0.270. The molecule has 0 fully saturated rings. The second-order valence-electron chi connectivity index (χ2n) is 3.62. The Bertz CT molecular complexity index is 611. The molecular formula is C13H11ClN2O2. The minimum atomic E-state index is -0.270. The van der Waals surface area contributed by atoms with Crippen LogP contribution in [0, 0.1) is 0 Å². The Morgan fingerprint density at radius 1 is 1.44 bits per heavy atom. The van der Waals surface area contributed by atoms with Gasteiger partial charge in [-0.05, 0) is 17.7 Å². The van der Waals surface area contributed by atoms with Crippen LogP contribution in [0.25, 0.3) is 17.0 Å². The van der Waals surface area contributed by atoms with Crippen LogP contribution in [-0.4, -0.2) is 23.0 Å². The zero-order valence-corrected chi connectivity index (χ0v) is 10.5. The first-order chi connectivity index (χ1) is 8.70. The lowest BCUT2D eigenvalue weighted by atomic mass is 10.1. The predicted molar refractivity (Wildman–Crippen MR) is 70.2 cm³/mol. The van der Waals surface area contributed by atoms with E-state index in [0.29, 0.717) is 5.15 Å². The molecule has 92 valence electrons. The average Bonchev–Trinajstić information content (AvgIpc) is 2.39. The van der Waals surface area contributed by atoms with Crippen molar-refractivity contribution < 1.29 is 9.53 Å². The number of rotatable bonds is 3. The number of carbonyl (C=O) groups is 1. The van der Waals surface area contributed by atoms with Crippen LogP contribution in [0.2, 0.25) is 5.15 Å². The van der Waals surface area contributed by atoms with Crippen molar-refractivity contribution in [1.29, 1.82) is 0 Å². The number of ether oxygens (including phenoxy) is 1. The van der Waals surface area contributed by atoms with Gasteiger partial charge in [-0.3, -0.25) is 4.79 Å². The molecule has 0 saturated heterocycles. The third kappa shape index (κ3) is 2.84. The number of fused-ring (bicyclic) bond motifs is 1. The first kappa shape index (κ1) is 12.5. The van der Waals surface area contributed by atoms with Gasteiger partial charge in [-0.15, -0.1) is 0 Å². The molecule has 5 heteroatoms. The van der Waals surface area contributed by atoms with Gasteiger partial charge in [0.05, 0.1) is 19.0 Å². The smallest absolute Gasteiger partial charge is 0.309 e. The van der Waals surface area contributed by atoms with E-state index < -0.39 is 0 Å². The fourth-order valence-corrected chi connectivity index (χ4v) is 1.72. The number of halogens is 1. The molecular weight excluding hydrogens is 252 g/mol. The summed E-state index contributed by atoms with van der Waals surface area (Å²) in [7, 11) is 1.36. The van der Waals surface area contributed by atoms with Gasteiger partial charge in [0.15, 0.2) is 0 Å². The first-order valence-electron chi connectivity index (χ1n) is 5.34. The average molecular weight is 263 g/mol. The van der Waals surface area contributed by atoms with Crippen molar-refractivity contribution in [3.63, 3.8) is 0 Å². The Morgan fingerprint density at radius 3 is 3.06 bits per heavy atom. The molecule has 0 unspecified atom stereocenters. The molecule has 0 N–H and O–H groups in total. The van der Waals surface area contributed by atoms with Crippen molar-refractivity contribution in [2.24, 2.45) is 0 Å². The molecule has 0 radical (unpaired) electrons. The van der Waals surface area contributed by atoms with Crippen LogP contribution in [0.5, 0.6) is 0 Å². The van der Waals surface area contributed by atoms with Gasteiger partial charge in [0.25, 0.3) is 0 Å². The SMILES string of the molecule is COC(=O)CC=Cc1ccc2ncnc(Cl)c2c1. The van der Waals surface area contributed by atoms with Gasteiger partial charge in [-0.2, -0.15) is 0 Å². The maximum Gasteiger partial charge on any atom is 0.309 e. The van der Waals surface area contributed by atoms with Crippen molar-refractivity contribution in [2.75, 3.05) is 7.11 Å². The van der Waals surface area contributed by atoms with Crippen LogP contribution in [0.1, 0.15) is 12.0 Å². The normalized spacial score (nSPS) is 11.0. The summed E-state index contributed by atoms with van der Waals surface area (Å²) < 4.78 is 4.55. The molecule has 0 aliphatic heterocycles. The van der Waals surface area contributed by atoms with Crippen molar-refractivity contribution in [3.05, 3.63) is 41.3 Å². The van der Waals surface area contributed by atoms with E-state index in [2.05, 4.69) is 14.7 Å². The molecule has 0 spiro atoms. The highest BCUT2D eigenvalue weighted by molar-refractivity contribution is 6.34. The lowest BCUT2D eigenvalue weighted by Crippen LogP contribution is -1.96. The molecule has 18 heavy (non-hydrogen) atoms. The van der Waals surface area contributed by atoms with E-state index >= 15 is 0 Å². The van der Waals surface area contributed by atoms with Gasteiger partial charge in [0.2, 0.25) is 0 Å². The summed E-state index contributed by atoms with van der Waals surface area (Å²) in [4.78, 5) is 19.0. The van der Waals surface area contributed by atoms with Crippen LogP contribution in [0.3, 0.4) is 0 Å². The van der Waals surface area contributed by atoms with Gasteiger partial charge in [0, 0.05) is 5.39 Å². The molecule has 0 bridgehead atoms. The van der Waals surface area contributed by atoms with Crippen molar-refractivity contribution in [3.8, 4) is 0 Å². The Kier molecular flexibility index (Phi) is 3.89. The second kappa shape index (κ2) is 5.60. The molecule has 4 nitrogen and oxygen atoms in total. The monoisotopic (exact) mass is 262 g/mol. The fourth-order valence-electron chi connectivity index (χ4n) is 1.52. The number of carbonyl (C=O) groups excluding carboxylic acids is 1. The molecule has 0 aliphatic carbocycles.